The Morgan fingerprint density at radius 2 is 1.55 bits per heavy atom. The molecule has 1 amide bonds. The van der Waals surface area contributed by atoms with Crippen molar-refractivity contribution in [3.8, 4) is 0 Å². The second kappa shape index (κ2) is 9.90. The summed E-state index contributed by atoms with van der Waals surface area (Å²) in [6.07, 6.45) is 5.43. The van der Waals surface area contributed by atoms with E-state index in [0.29, 0.717) is 11.8 Å². The third kappa shape index (κ3) is 5.70. The van der Waals surface area contributed by atoms with E-state index in [2.05, 4.69) is 80.3 Å². The molecule has 0 aromatic heterocycles. The van der Waals surface area contributed by atoms with Crippen molar-refractivity contribution < 1.29 is 4.79 Å². The number of amides is 1. The quantitative estimate of drug-likeness (QED) is 0.623. The van der Waals surface area contributed by atoms with Gasteiger partial charge < -0.3 is 4.90 Å². The summed E-state index contributed by atoms with van der Waals surface area (Å²) in [4.78, 5) is 17.7. The summed E-state index contributed by atoms with van der Waals surface area (Å²) < 4.78 is 1.13. The Morgan fingerprint density at radius 3 is 2.24 bits per heavy atom. The average molecular weight is 455 g/mol. The summed E-state index contributed by atoms with van der Waals surface area (Å²) in [5.74, 6) is 1.35. The van der Waals surface area contributed by atoms with Gasteiger partial charge in [-0.3, -0.25) is 9.69 Å². The van der Waals surface area contributed by atoms with Gasteiger partial charge in [-0.25, -0.2) is 0 Å². The molecule has 29 heavy (non-hydrogen) atoms. The third-order valence-corrected chi connectivity index (χ3v) is 7.02. The number of carbonyl (C=O) groups excluding carboxylic acids is 1. The molecule has 3 nitrogen and oxygen atoms in total. The highest BCUT2D eigenvalue weighted by Gasteiger charge is 2.30. The van der Waals surface area contributed by atoms with Crippen LogP contribution >= 0.6 is 15.9 Å². The van der Waals surface area contributed by atoms with Crippen LogP contribution in [0, 0.1) is 11.8 Å². The van der Waals surface area contributed by atoms with E-state index in [4.69, 9.17) is 0 Å². The third-order valence-electron chi connectivity index (χ3n) is 6.53. The molecule has 2 fully saturated rings. The highest BCUT2D eigenvalue weighted by atomic mass is 79.9. The summed E-state index contributed by atoms with van der Waals surface area (Å²) in [6, 6.07) is 19.3. The van der Waals surface area contributed by atoms with Crippen LogP contribution in [-0.4, -0.2) is 41.9 Å². The molecule has 0 radical (unpaired) electrons. The first kappa shape index (κ1) is 20.6. The van der Waals surface area contributed by atoms with Crippen molar-refractivity contribution in [3.63, 3.8) is 0 Å². The molecule has 2 aliphatic rings. The maximum atomic E-state index is 13.0. The monoisotopic (exact) mass is 454 g/mol. The first-order valence-electron chi connectivity index (χ1n) is 11.0. The van der Waals surface area contributed by atoms with E-state index in [1.54, 1.807) is 0 Å². The van der Waals surface area contributed by atoms with Gasteiger partial charge in [0.05, 0.1) is 0 Å². The Hall–Kier alpha value is -1.65. The molecular formula is C25H31BrN2O. The predicted molar refractivity (Wildman–Crippen MR) is 122 cm³/mol. The Balaban J connectivity index is 1.21. The molecule has 0 spiro atoms. The van der Waals surface area contributed by atoms with Crippen LogP contribution in [0.2, 0.25) is 0 Å². The minimum atomic E-state index is 0.222. The molecule has 0 bridgehead atoms. The Bertz CT molecular complexity index is 793. The number of rotatable bonds is 5. The van der Waals surface area contributed by atoms with Gasteiger partial charge in [0.15, 0.2) is 0 Å². The summed E-state index contributed by atoms with van der Waals surface area (Å²) in [5.41, 5.74) is 2.76. The van der Waals surface area contributed by atoms with E-state index in [0.717, 1.165) is 69.3 Å². The Labute approximate surface area is 183 Å². The standard InChI is InChI=1S/C25H31BrN2O/c26-24-8-4-7-22(18-24)19-27-13-11-23(12-14-27)25(29)28-15-9-21(10-16-28)17-20-5-2-1-3-6-20/h1-8,18,21,23H,9-17,19H2. The largest absolute Gasteiger partial charge is 0.342 e. The number of benzene rings is 2. The minimum absolute atomic E-state index is 0.222. The molecule has 0 saturated carbocycles. The maximum absolute atomic E-state index is 13.0. The number of piperidine rings is 2. The van der Waals surface area contributed by atoms with Crippen LogP contribution in [0.1, 0.15) is 36.8 Å². The zero-order valence-electron chi connectivity index (χ0n) is 17.1. The van der Waals surface area contributed by atoms with E-state index in [9.17, 15) is 4.79 Å². The van der Waals surface area contributed by atoms with Gasteiger partial charge >= 0.3 is 0 Å². The zero-order valence-corrected chi connectivity index (χ0v) is 18.7. The number of likely N-dealkylation sites (tertiary alicyclic amines) is 2. The lowest BCUT2D eigenvalue weighted by Crippen LogP contribution is -2.45. The van der Waals surface area contributed by atoms with Crippen LogP contribution in [0.3, 0.4) is 0 Å². The van der Waals surface area contributed by atoms with Gasteiger partial charge in [0.2, 0.25) is 5.91 Å². The molecule has 154 valence electrons. The second-order valence-electron chi connectivity index (χ2n) is 8.64. The van der Waals surface area contributed by atoms with E-state index in [1.165, 1.54) is 11.1 Å². The number of halogens is 1. The topological polar surface area (TPSA) is 23.6 Å². The number of hydrogen-bond acceptors (Lipinski definition) is 2. The molecule has 2 aromatic carbocycles. The van der Waals surface area contributed by atoms with Crippen LogP contribution in [0.4, 0.5) is 0 Å². The van der Waals surface area contributed by atoms with Gasteiger partial charge in [-0.1, -0.05) is 58.4 Å². The van der Waals surface area contributed by atoms with Gasteiger partial charge in [0.1, 0.15) is 0 Å². The van der Waals surface area contributed by atoms with E-state index < -0.39 is 0 Å². The summed E-state index contributed by atoms with van der Waals surface area (Å²) in [6.45, 7) is 4.90. The van der Waals surface area contributed by atoms with Crippen LogP contribution in [0.15, 0.2) is 59.1 Å². The number of hydrogen-bond donors (Lipinski definition) is 0. The molecule has 2 heterocycles. The van der Waals surface area contributed by atoms with Crippen LogP contribution in [0.25, 0.3) is 0 Å². The number of nitrogens with zero attached hydrogens (tertiary/aromatic N) is 2. The van der Waals surface area contributed by atoms with Crippen molar-refractivity contribution in [2.75, 3.05) is 26.2 Å². The second-order valence-corrected chi connectivity index (χ2v) is 9.55. The van der Waals surface area contributed by atoms with E-state index in [-0.39, 0.29) is 5.92 Å². The van der Waals surface area contributed by atoms with Crippen molar-refractivity contribution in [1.29, 1.82) is 0 Å². The average Bonchev–Trinajstić information content (AvgIpc) is 2.75. The molecule has 4 heteroatoms. The predicted octanol–water partition coefficient (Wildman–Crippen LogP) is 5.14. The molecule has 4 rings (SSSR count). The number of carbonyl (C=O) groups is 1. The van der Waals surface area contributed by atoms with Crippen LogP contribution in [0.5, 0.6) is 0 Å². The fraction of sp³-hybridized carbons (Fsp3) is 0.480. The summed E-state index contributed by atoms with van der Waals surface area (Å²) in [5, 5.41) is 0. The van der Waals surface area contributed by atoms with Gasteiger partial charge in [-0.05, 0) is 74.4 Å². The zero-order chi connectivity index (χ0) is 20.1. The molecule has 2 aliphatic heterocycles. The first-order chi connectivity index (χ1) is 14.2. The molecule has 0 unspecified atom stereocenters. The summed E-state index contributed by atoms with van der Waals surface area (Å²) in [7, 11) is 0. The fourth-order valence-electron chi connectivity index (χ4n) is 4.79. The lowest BCUT2D eigenvalue weighted by molar-refractivity contribution is -0.138. The normalized spacial score (nSPS) is 19.4. The fourth-order valence-corrected chi connectivity index (χ4v) is 5.24. The molecule has 2 saturated heterocycles. The van der Waals surface area contributed by atoms with Crippen molar-refractivity contribution in [3.05, 3.63) is 70.2 Å². The van der Waals surface area contributed by atoms with Gasteiger partial charge in [0, 0.05) is 30.0 Å². The van der Waals surface area contributed by atoms with E-state index >= 15 is 0 Å². The summed E-state index contributed by atoms with van der Waals surface area (Å²) >= 11 is 3.55. The Morgan fingerprint density at radius 1 is 0.862 bits per heavy atom. The van der Waals surface area contributed by atoms with E-state index in [1.807, 2.05) is 0 Å². The first-order valence-corrected chi connectivity index (χ1v) is 11.8. The van der Waals surface area contributed by atoms with Gasteiger partial charge in [-0.15, -0.1) is 0 Å². The van der Waals surface area contributed by atoms with Crippen LogP contribution in [-0.2, 0) is 17.8 Å². The molecular weight excluding hydrogens is 424 g/mol. The van der Waals surface area contributed by atoms with Crippen molar-refractivity contribution in [2.45, 2.75) is 38.6 Å². The molecule has 0 N–H and O–H groups in total. The SMILES string of the molecule is O=C(C1CCN(Cc2cccc(Br)c2)CC1)N1CCC(Cc2ccccc2)CC1. The highest BCUT2D eigenvalue weighted by Crippen LogP contribution is 2.26. The van der Waals surface area contributed by atoms with Gasteiger partial charge in [0.25, 0.3) is 0 Å². The highest BCUT2D eigenvalue weighted by molar-refractivity contribution is 9.10. The molecule has 0 aliphatic carbocycles. The van der Waals surface area contributed by atoms with Crippen LogP contribution < -0.4 is 0 Å². The smallest absolute Gasteiger partial charge is 0.225 e. The molecule has 2 aromatic rings. The lowest BCUT2D eigenvalue weighted by atomic mass is 9.88. The maximum Gasteiger partial charge on any atom is 0.225 e. The van der Waals surface area contributed by atoms with Gasteiger partial charge in [-0.2, -0.15) is 0 Å². The molecule has 0 atom stereocenters. The van der Waals surface area contributed by atoms with Crippen molar-refractivity contribution >= 4 is 21.8 Å². The lowest BCUT2D eigenvalue weighted by Gasteiger charge is -2.37. The Kier molecular flexibility index (Phi) is 7.04. The van der Waals surface area contributed by atoms with Crippen molar-refractivity contribution in [1.82, 2.24) is 9.80 Å². The van der Waals surface area contributed by atoms with Crippen molar-refractivity contribution in [2.24, 2.45) is 11.8 Å². The minimum Gasteiger partial charge on any atom is -0.342 e.